The predicted molar refractivity (Wildman–Crippen MR) is 64.4 cm³/mol. The van der Waals surface area contributed by atoms with Crippen LogP contribution in [0.25, 0.3) is 0 Å². The largest absolute Gasteiger partial charge is 0.381 e. The molecule has 2 aromatic heterocycles. The standard InChI is InChI=1S/C10H10BrN3OS/c11-10-9(16-5-13-10)8(15)7-3-12-4-14(7)6-1-2-6/h3-6,8,15H,1-2H2. The summed E-state index contributed by atoms with van der Waals surface area (Å²) in [5.74, 6) is 0. The molecule has 6 heteroatoms. The summed E-state index contributed by atoms with van der Waals surface area (Å²) in [5.41, 5.74) is 2.58. The Bertz CT molecular complexity index is 506. The highest BCUT2D eigenvalue weighted by Gasteiger charge is 2.28. The number of aliphatic hydroxyl groups is 1. The van der Waals surface area contributed by atoms with Crippen LogP contribution in [0.4, 0.5) is 0 Å². The molecule has 84 valence electrons. The van der Waals surface area contributed by atoms with Crippen molar-refractivity contribution in [2.75, 3.05) is 0 Å². The molecule has 4 nitrogen and oxygen atoms in total. The second-order valence-electron chi connectivity index (χ2n) is 3.87. The second kappa shape index (κ2) is 3.94. The van der Waals surface area contributed by atoms with E-state index in [-0.39, 0.29) is 0 Å². The van der Waals surface area contributed by atoms with Crippen LogP contribution in [0.15, 0.2) is 22.6 Å². The van der Waals surface area contributed by atoms with Crippen LogP contribution in [0.1, 0.15) is 35.6 Å². The molecule has 3 rings (SSSR count). The highest BCUT2D eigenvalue weighted by atomic mass is 79.9. The fourth-order valence-electron chi connectivity index (χ4n) is 1.74. The molecule has 1 saturated carbocycles. The van der Waals surface area contributed by atoms with Crippen LogP contribution in [0.3, 0.4) is 0 Å². The average Bonchev–Trinajstić information content (AvgIpc) is 2.85. The van der Waals surface area contributed by atoms with Gasteiger partial charge in [-0.05, 0) is 28.8 Å². The minimum atomic E-state index is -0.634. The maximum Gasteiger partial charge on any atom is 0.132 e. The van der Waals surface area contributed by atoms with Gasteiger partial charge in [0.1, 0.15) is 10.7 Å². The summed E-state index contributed by atoms with van der Waals surface area (Å²) in [6.45, 7) is 0. The number of aromatic nitrogens is 3. The first-order valence-corrected chi connectivity index (χ1v) is 6.73. The molecule has 1 atom stereocenters. The number of rotatable bonds is 3. The number of imidazole rings is 1. The van der Waals surface area contributed by atoms with E-state index in [9.17, 15) is 5.11 Å². The lowest BCUT2D eigenvalue weighted by Crippen LogP contribution is -2.06. The van der Waals surface area contributed by atoms with Gasteiger partial charge in [-0.25, -0.2) is 9.97 Å². The van der Waals surface area contributed by atoms with Gasteiger partial charge in [-0.3, -0.25) is 0 Å². The maximum absolute atomic E-state index is 10.3. The Balaban J connectivity index is 1.97. The molecule has 1 aliphatic rings. The Labute approximate surface area is 105 Å². The lowest BCUT2D eigenvalue weighted by atomic mass is 10.2. The molecular formula is C10H10BrN3OS. The van der Waals surface area contributed by atoms with Crippen molar-refractivity contribution in [1.29, 1.82) is 0 Å². The molecule has 1 aliphatic carbocycles. The topological polar surface area (TPSA) is 50.9 Å². The smallest absolute Gasteiger partial charge is 0.132 e. The van der Waals surface area contributed by atoms with Crippen molar-refractivity contribution in [1.82, 2.24) is 14.5 Å². The second-order valence-corrected chi connectivity index (χ2v) is 5.50. The third-order valence-electron chi connectivity index (χ3n) is 2.71. The lowest BCUT2D eigenvalue weighted by molar-refractivity contribution is 0.212. The first kappa shape index (κ1) is 10.4. The molecule has 0 radical (unpaired) electrons. The molecule has 1 fully saturated rings. The van der Waals surface area contributed by atoms with Gasteiger partial charge in [0, 0.05) is 6.04 Å². The van der Waals surface area contributed by atoms with Crippen LogP contribution < -0.4 is 0 Å². The molecule has 2 heterocycles. The molecule has 0 aromatic carbocycles. The summed E-state index contributed by atoms with van der Waals surface area (Å²) in [4.78, 5) is 9.03. The Morgan fingerprint density at radius 2 is 2.38 bits per heavy atom. The minimum absolute atomic E-state index is 0.527. The zero-order valence-corrected chi connectivity index (χ0v) is 10.8. The van der Waals surface area contributed by atoms with Crippen LogP contribution in [0.5, 0.6) is 0 Å². The molecule has 1 N–H and O–H groups in total. The van der Waals surface area contributed by atoms with Gasteiger partial charge < -0.3 is 9.67 Å². The van der Waals surface area contributed by atoms with Gasteiger partial charge in [-0.1, -0.05) is 0 Å². The zero-order chi connectivity index (χ0) is 11.1. The Kier molecular flexibility index (Phi) is 2.57. The SMILES string of the molecule is OC(c1scnc1Br)c1cncn1C1CC1. The van der Waals surface area contributed by atoms with Crippen LogP contribution in [0.2, 0.25) is 0 Å². The molecule has 1 unspecified atom stereocenters. The van der Waals surface area contributed by atoms with Crippen molar-refractivity contribution in [2.24, 2.45) is 0 Å². The molecule has 0 aliphatic heterocycles. The van der Waals surface area contributed by atoms with Crippen molar-refractivity contribution in [2.45, 2.75) is 25.0 Å². The summed E-state index contributed by atoms with van der Waals surface area (Å²) in [7, 11) is 0. The zero-order valence-electron chi connectivity index (χ0n) is 8.38. The van der Waals surface area contributed by atoms with Gasteiger partial charge in [-0.15, -0.1) is 11.3 Å². The summed E-state index contributed by atoms with van der Waals surface area (Å²) < 4.78 is 2.78. The highest BCUT2D eigenvalue weighted by Crippen LogP contribution is 2.39. The quantitative estimate of drug-likeness (QED) is 0.947. The molecule has 0 bridgehead atoms. The normalized spacial score (nSPS) is 17.6. The predicted octanol–water partition coefficient (Wildman–Crippen LogP) is 2.52. The van der Waals surface area contributed by atoms with Gasteiger partial charge in [0.2, 0.25) is 0 Å². The maximum atomic E-state index is 10.3. The number of hydrogen-bond donors (Lipinski definition) is 1. The van der Waals surface area contributed by atoms with E-state index in [1.807, 2.05) is 0 Å². The van der Waals surface area contributed by atoms with Crippen LogP contribution in [0, 0.1) is 0 Å². The van der Waals surface area contributed by atoms with E-state index < -0.39 is 6.10 Å². The van der Waals surface area contributed by atoms with Gasteiger partial charge in [0.05, 0.1) is 28.6 Å². The first-order chi connectivity index (χ1) is 7.77. The summed E-state index contributed by atoms with van der Waals surface area (Å²) in [5, 5.41) is 10.3. The van der Waals surface area contributed by atoms with Crippen molar-refractivity contribution in [3.63, 3.8) is 0 Å². The van der Waals surface area contributed by atoms with Gasteiger partial charge in [0.25, 0.3) is 0 Å². The third-order valence-corrected chi connectivity index (χ3v) is 4.49. The van der Waals surface area contributed by atoms with Crippen LogP contribution >= 0.6 is 27.3 Å². The highest BCUT2D eigenvalue weighted by molar-refractivity contribution is 9.10. The fraction of sp³-hybridized carbons (Fsp3) is 0.400. The van der Waals surface area contributed by atoms with Crippen molar-refractivity contribution < 1.29 is 5.11 Å². The van der Waals surface area contributed by atoms with Crippen LogP contribution in [-0.4, -0.2) is 19.6 Å². The molecule has 0 saturated heterocycles. The van der Waals surface area contributed by atoms with E-state index in [0.29, 0.717) is 10.6 Å². The van der Waals surface area contributed by atoms with Crippen molar-refractivity contribution in [3.05, 3.63) is 33.2 Å². The Hall–Kier alpha value is -0.720. The molecule has 16 heavy (non-hydrogen) atoms. The van der Waals surface area contributed by atoms with E-state index in [1.54, 1.807) is 18.0 Å². The monoisotopic (exact) mass is 299 g/mol. The average molecular weight is 300 g/mol. The van der Waals surface area contributed by atoms with Crippen molar-refractivity contribution in [3.8, 4) is 0 Å². The van der Waals surface area contributed by atoms with Gasteiger partial charge in [-0.2, -0.15) is 0 Å². The van der Waals surface area contributed by atoms with Crippen molar-refractivity contribution >= 4 is 27.3 Å². The van der Waals surface area contributed by atoms with Crippen LogP contribution in [-0.2, 0) is 0 Å². The van der Waals surface area contributed by atoms with E-state index in [4.69, 9.17) is 0 Å². The van der Waals surface area contributed by atoms with Gasteiger partial charge >= 0.3 is 0 Å². The van der Waals surface area contributed by atoms with E-state index in [0.717, 1.165) is 10.6 Å². The van der Waals surface area contributed by atoms with Gasteiger partial charge in [0.15, 0.2) is 0 Å². The number of thiazole rings is 1. The third kappa shape index (κ3) is 1.70. The van der Waals surface area contributed by atoms with E-state index in [1.165, 1.54) is 24.2 Å². The lowest BCUT2D eigenvalue weighted by Gasteiger charge is -2.11. The number of hydrogen-bond acceptors (Lipinski definition) is 4. The molecule has 2 aromatic rings. The summed E-state index contributed by atoms with van der Waals surface area (Å²) >= 11 is 4.79. The first-order valence-electron chi connectivity index (χ1n) is 5.06. The molecule has 0 amide bonds. The molecular weight excluding hydrogens is 290 g/mol. The summed E-state index contributed by atoms with van der Waals surface area (Å²) in [6.07, 6.45) is 5.25. The van der Waals surface area contributed by atoms with E-state index in [2.05, 4.69) is 30.5 Å². The number of nitrogens with zero attached hydrogens (tertiary/aromatic N) is 3. The fourth-order valence-corrected chi connectivity index (χ4v) is 3.14. The summed E-state index contributed by atoms with van der Waals surface area (Å²) in [6, 6.07) is 0.527. The number of halogens is 1. The Morgan fingerprint density at radius 3 is 3.00 bits per heavy atom. The Morgan fingerprint density at radius 1 is 1.56 bits per heavy atom. The van der Waals surface area contributed by atoms with E-state index >= 15 is 0 Å². The minimum Gasteiger partial charge on any atom is -0.381 e. The molecule has 0 spiro atoms. The number of aliphatic hydroxyl groups excluding tert-OH is 1.